The van der Waals surface area contributed by atoms with Gasteiger partial charge in [0.05, 0.1) is 17.8 Å². The zero-order valence-corrected chi connectivity index (χ0v) is 15.1. The van der Waals surface area contributed by atoms with Crippen molar-refractivity contribution in [3.8, 4) is 5.69 Å². The molecule has 3 aromatic rings. The summed E-state index contributed by atoms with van der Waals surface area (Å²) in [5.41, 5.74) is 3.94. The summed E-state index contributed by atoms with van der Waals surface area (Å²) in [5.74, 6) is 1.16. The van der Waals surface area contributed by atoms with Crippen LogP contribution in [-0.2, 0) is 24.2 Å². The molecule has 0 bridgehead atoms. The minimum absolute atomic E-state index is 0.0531. The van der Waals surface area contributed by atoms with Gasteiger partial charge in [0, 0.05) is 42.7 Å². The number of hydrogen-bond acceptors (Lipinski definition) is 3. The van der Waals surface area contributed by atoms with Crippen molar-refractivity contribution in [3.05, 3.63) is 65.5 Å². The summed E-state index contributed by atoms with van der Waals surface area (Å²) in [7, 11) is 0. The number of para-hydroxylation sites is 1. The van der Waals surface area contributed by atoms with E-state index in [1.807, 2.05) is 61.3 Å². The van der Waals surface area contributed by atoms with E-state index in [9.17, 15) is 4.79 Å². The quantitative estimate of drug-likeness (QED) is 0.786. The first-order valence-corrected chi connectivity index (χ1v) is 9.01. The van der Waals surface area contributed by atoms with E-state index in [1.165, 1.54) is 0 Å². The highest BCUT2D eigenvalue weighted by Gasteiger charge is 2.22. The van der Waals surface area contributed by atoms with E-state index in [0.717, 1.165) is 47.8 Å². The van der Waals surface area contributed by atoms with Gasteiger partial charge < -0.3 is 9.88 Å². The van der Waals surface area contributed by atoms with Crippen LogP contribution in [0.4, 0.5) is 0 Å². The molecular formula is C20H23N5O. The molecule has 1 aliphatic heterocycles. The molecule has 1 N–H and O–H groups in total. The third kappa shape index (κ3) is 3.14. The van der Waals surface area contributed by atoms with Crippen LogP contribution in [0.5, 0.6) is 0 Å². The fraction of sp³-hybridized carbons (Fsp3) is 0.350. The standard InChI is InChI=1S/C20H23N5O/c1-14-18(15(2)25(23-14)17-6-4-3-5-7-17)12-20(26)22-16-8-9-19-21-10-11-24(19)13-16/h3-7,10-11,16H,8-9,12-13H2,1-2H3,(H,22,26)/t16-/m0/s1. The van der Waals surface area contributed by atoms with E-state index in [4.69, 9.17) is 0 Å². The second kappa shape index (κ2) is 6.78. The van der Waals surface area contributed by atoms with Gasteiger partial charge >= 0.3 is 0 Å². The van der Waals surface area contributed by atoms with Crippen LogP contribution in [0.25, 0.3) is 5.69 Å². The third-order valence-corrected chi connectivity index (χ3v) is 5.08. The van der Waals surface area contributed by atoms with E-state index < -0.39 is 0 Å². The van der Waals surface area contributed by atoms with E-state index in [0.29, 0.717) is 6.42 Å². The zero-order chi connectivity index (χ0) is 18.1. The summed E-state index contributed by atoms with van der Waals surface area (Å²) in [5, 5.41) is 7.80. The molecule has 1 aromatic carbocycles. The molecule has 0 aliphatic carbocycles. The molecule has 0 radical (unpaired) electrons. The molecule has 4 rings (SSSR count). The van der Waals surface area contributed by atoms with Crippen LogP contribution in [0.3, 0.4) is 0 Å². The number of carbonyl (C=O) groups excluding carboxylic acids is 1. The van der Waals surface area contributed by atoms with Gasteiger partial charge in [0.15, 0.2) is 0 Å². The molecule has 0 saturated heterocycles. The van der Waals surface area contributed by atoms with Crippen LogP contribution in [0, 0.1) is 13.8 Å². The minimum Gasteiger partial charge on any atom is -0.351 e. The Morgan fingerprint density at radius 2 is 2.08 bits per heavy atom. The summed E-state index contributed by atoms with van der Waals surface area (Å²) in [6, 6.07) is 10.2. The van der Waals surface area contributed by atoms with Gasteiger partial charge in [-0.15, -0.1) is 0 Å². The lowest BCUT2D eigenvalue weighted by atomic mass is 10.1. The molecule has 0 saturated carbocycles. The number of nitrogens with one attached hydrogen (secondary N) is 1. The second-order valence-corrected chi connectivity index (χ2v) is 6.87. The summed E-state index contributed by atoms with van der Waals surface area (Å²) in [6.07, 6.45) is 6.00. The number of imidazole rings is 1. The van der Waals surface area contributed by atoms with Crippen LogP contribution in [-0.4, -0.2) is 31.3 Å². The third-order valence-electron chi connectivity index (χ3n) is 5.08. The van der Waals surface area contributed by atoms with Crippen LogP contribution >= 0.6 is 0 Å². The lowest BCUT2D eigenvalue weighted by Gasteiger charge is -2.24. The van der Waals surface area contributed by atoms with Gasteiger partial charge in [0.1, 0.15) is 5.82 Å². The lowest BCUT2D eigenvalue weighted by Crippen LogP contribution is -2.41. The van der Waals surface area contributed by atoms with Crippen LogP contribution in [0.2, 0.25) is 0 Å². The summed E-state index contributed by atoms with van der Waals surface area (Å²) in [4.78, 5) is 16.9. The molecule has 6 nitrogen and oxygen atoms in total. The van der Waals surface area contributed by atoms with Crippen molar-refractivity contribution in [1.29, 1.82) is 0 Å². The molecule has 1 aliphatic rings. The molecule has 2 aromatic heterocycles. The van der Waals surface area contributed by atoms with Crippen molar-refractivity contribution in [1.82, 2.24) is 24.6 Å². The van der Waals surface area contributed by atoms with E-state index >= 15 is 0 Å². The molecule has 134 valence electrons. The average molecular weight is 349 g/mol. The average Bonchev–Trinajstić information content (AvgIpc) is 3.21. The number of benzene rings is 1. The van der Waals surface area contributed by atoms with Crippen molar-refractivity contribution >= 4 is 5.91 Å². The monoisotopic (exact) mass is 349 g/mol. The Kier molecular flexibility index (Phi) is 4.32. The van der Waals surface area contributed by atoms with Gasteiger partial charge in [0.25, 0.3) is 0 Å². The highest BCUT2D eigenvalue weighted by atomic mass is 16.1. The molecular weight excluding hydrogens is 326 g/mol. The molecule has 0 spiro atoms. The highest BCUT2D eigenvalue weighted by molar-refractivity contribution is 5.79. The summed E-state index contributed by atoms with van der Waals surface area (Å²) < 4.78 is 4.04. The van der Waals surface area contributed by atoms with Gasteiger partial charge in [-0.25, -0.2) is 9.67 Å². The first-order chi connectivity index (χ1) is 12.6. The van der Waals surface area contributed by atoms with Crippen molar-refractivity contribution < 1.29 is 4.79 Å². The molecule has 1 amide bonds. The number of amides is 1. The van der Waals surface area contributed by atoms with Crippen molar-refractivity contribution in [2.45, 2.75) is 45.7 Å². The van der Waals surface area contributed by atoms with Gasteiger partial charge in [-0.1, -0.05) is 18.2 Å². The smallest absolute Gasteiger partial charge is 0.224 e. The van der Waals surface area contributed by atoms with Crippen molar-refractivity contribution in [3.63, 3.8) is 0 Å². The predicted molar refractivity (Wildman–Crippen MR) is 99.2 cm³/mol. The van der Waals surface area contributed by atoms with E-state index in [1.54, 1.807) is 0 Å². The number of aryl methyl sites for hydroxylation is 2. The Hall–Kier alpha value is -2.89. The summed E-state index contributed by atoms with van der Waals surface area (Å²) >= 11 is 0. The number of aromatic nitrogens is 4. The first-order valence-electron chi connectivity index (χ1n) is 9.01. The Morgan fingerprint density at radius 3 is 2.88 bits per heavy atom. The second-order valence-electron chi connectivity index (χ2n) is 6.87. The van der Waals surface area contributed by atoms with Gasteiger partial charge in [0.2, 0.25) is 5.91 Å². The maximum Gasteiger partial charge on any atom is 0.224 e. The lowest BCUT2D eigenvalue weighted by molar-refractivity contribution is -0.121. The molecule has 6 heteroatoms. The fourth-order valence-electron chi connectivity index (χ4n) is 3.67. The number of nitrogens with zero attached hydrogens (tertiary/aromatic N) is 4. The maximum atomic E-state index is 12.6. The van der Waals surface area contributed by atoms with E-state index in [2.05, 4.69) is 20.0 Å². The Morgan fingerprint density at radius 1 is 1.27 bits per heavy atom. The Labute approximate surface area is 152 Å². The number of hydrogen-bond donors (Lipinski definition) is 1. The molecule has 3 heterocycles. The van der Waals surface area contributed by atoms with Gasteiger partial charge in [-0.3, -0.25) is 4.79 Å². The van der Waals surface area contributed by atoms with E-state index in [-0.39, 0.29) is 11.9 Å². The normalized spacial score (nSPS) is 16.3. The van der Waals surface area contributed by atoms with Crippen molar-refractivity contribution in [2.75, 3.05) is 0 Å². The zero-order valence-electron chi connectivity index (χ0n) is 15.1. The minimum atomic E-state index is 0.0531. The first kappa shape index (κ1) is 16.6. The number of rotatable bonds is 4. The highest BCUT2D eigenvalue weighted by Crippen LogP contribution is 2.19. The Balaban J connectivity index is 1.46. The fourth-order valence-corrected chi connectivity index (χ4v) is 3.67. The molecule has 26 heavy (non-hydrogen) atoms. The number of fused-ring (bicyclic) bond motifs is 1. The van der Waals surface area contributed by atoms with Crippen LogP contribution in [0.15, 0.2) is 42.7 Å². The molecule has 0 fully saturated rings. The molecule has 1 atom stereocenters. The van der Waals surface area contributed by atoms with Crippen molar-refractivity contribution in [2.24, 2.45) is 0 Å². The van der Waals surface area contributed by atoms with Gasteiger partial charge in [-0.05, 0) is 32.4 Å². The number of carbonyl (C=O) groups is 1. The Bertz CT molecular complexity index is 925. The summed E-state index contributed by atoms with van der Waals surface area (Å²) in [6.45, 7) is 4.78. The van der Waals surface area contributed by atoms with Gasteiger partial charge in [-0.2, -0.15) is 5.10 Å². The topological polar surface area (TPSA) is 64.7 Å². The SMILES string of the molecule is Cc1nn(-c2ccccc2)c(C)c1CC(=O)N[C@H]1CCc2nccn2C1. The van der Waals surface area contributed by atoms with Crippen LogP contribution in [0.1, 0.15) is 29.2 Å². The largest absolute Gasteiger partial charge is 0.351 e. The molecule has 0 unspecified atom stereocenters. The van der Waals surface area contributed by atoms with Crippen LogP contribution < -0.4 is 5.32 Å². The maximum absolute atomic E-state index is 12.6. The predicted octanol–water partition coefficient (Wildman–Crippen LogP) is 2.36.